The molecule has 1 fully saturated rings. The second-order valence-corrected chi connectivity index (χ2v) is 4.80. The average molecular weight is 219 g/mol. The lowest BCUT2D eigenvalue weighted by Gasteiger charge is -2.14. The fourth-order valence-corrected chi connectivity index (χ4v) is 2.47. The molecular formula is C9H11ClO2S. The fourth-order valence-electron chi connectivity index (χ4n) is 1.55. The third-order valence-electron chi connectivity index (χ3n) is 2.34. The molecule has 0 aromatic carbocycles. The van der Waals surface area contributed by atoms with Crippen LogP contribution in [0.3, 0.4) is 0 Å². The van der Waals surface area contributed by atoms with Crippen molar-refractivity contribution in [1.29, 1.82) is 0 Å². The van der Waals surface area contributed by atoms with E-state index in [0.29, 0.717) is 6.61 Å². The highest BCUT2D eigenvalue weighted by Gasteiger charge is 2.25. The molecule has 2 heterocycles. The van der Waals surface area contributed by atoms with Gasteiger partial charge in [0.05, 0.1) is 17.0 Å². The molecule has 2 atom stereocenters. The summed E-state index contributed by atoms with van der Waals surface area (Å²) in [6.07, 6.45) is 0.528. The van der Waals surface area contributed by atoms with Crippen LogP contribution >= 0.6 is 22.9 Å². The van der Waals surface area contributed by atoms with Crippen LogP contribution in [-0.4, -0.2) is 18.3 Å². The quantitative estimate of drug-likeness (QED) is 0.827. The first-order valence-corrected chi connectivity index (χ1v) is 5.53. The van der Waals surface area contributed by atoms with Crippen LogP contribution in [0.5, 0.6) is 0 Å². The second kappa shape index (κ2) is 3.96. The minimum atomic E-state index is -0.411. The Kier molecular flexibility index (Phi) is 2.89. The first-order chi connectivity index (χ1) is 6.27. The van der Waals surface area contributed by atoms with Gasteiger partial charge in [-0.3, -0.25) is 0 Å². The van der Waals surface area contributed by atoms with Gasteiger partial charge in [0.2, 0.25) is 0 Å². The molecule has 0 bridgehead atoms. The van der Waals surface area contributed by atoms with Crippen molar-refractivity contribution in [2.75, 3.05) is 13.2 Å². The van der Waals surface area contributed by atoms with E-state index in [2.05, 4.69) is 0 Å². The molecular weight excluding hydrogens is 208 g/mol. The number of hydrogen-bond donors (Lipinski definition) is 1. The molecule has 0 spiro atoms. The molecule has 0 aliphatic carbocycles. The van der Waals surface area contributed by atoms with Gasteiger partial charge in [0.15, 0.2) is 0 Å². The summed E-state index contributed by atoms with van der Waals surface area (Å²) >= 11 is 7.24. The van der Waals surface area contributed by atoms with E-state index in [1.165, 1.54) is 11.3 Å². The zero-order valence-electron chi connectivity index (χ0n) is 7.07. The van der Waals surface area contributed by atoms with E-state index in [-0.39, 0.29) is 5.92 Å². The molecule has 1 N–H and O–H groups in total. The largest absolute Gasteiger partial charge is 0.388 e. The Labute approximate surface area is 86.1 Å². The van der Waals surface area contributed by atoms with Gasteiger partial charge in [0, 0.05) is 12.5 Å². The minimum Gasteiger partial charge on any atom is -0.388 e. The van der Waals surface area contributed by atoms with Crippen molar-refractivity contribution in [2.45, 2.75) is 12.5 Å². The van der Waals surface area contributed by atoms with Crippen molar-refractivity contribution < 1.29 is 9.84 Å². The van der Waals surface area contributed by atoms with Crippen molar-refractivity contribution in [2.24, 2.45) is 5.92 Å². The van der Waals surface area contributed by atoms with E-state index < -0.39 is 6.10 Å². The predicted octanol–water partition coefficient (Wildman–Crippen LogP) is 2.47. The highest BCUT2D eigenvalue weighted by Crippen LogP contribution is 2.32. The number of aliphatic hydroxyl groups is 1. The van der Waals surface area contributed by atoms with Crippen LogP contribution in [0.15, 0.2) is 11.4 Å². The maximum atomic E-state index is 9.90. The molecule has 1 saturated heterocycles. The van der Waals surface area contributed by atoms with Gasteiger partial charge in [-0.2, -0.15) is 0 Å². The molecule has 72 valence electrons. The summed E-state index contributed by atoms with van der Waals surface area (Å²) in [5, 5.41) is 11.8. The Morgan fingerprint density at radius 1 is 1.69 bits per heavy atom. The van der Waals surface area contributed by atoms with Crippen molar-refractivity contribution >= 4 is 22.9 Å². The SMILES string of the molecule is OC(c1csc(Cl)c1)C1CCOC1. The van der Waals surface area contributed by atoms with Crippen molar-refractivity contribution in [3.05, 3.63) is 21.3 Å². The lowest BCUT2D eigenvalue weighted by molar-refractivity contribution is 0.0921. The molecule has 0 amide bonds. The first-order valence-electron chi connectivity index (χ1n) is 4.27. The monoisotopic (exact) mass is 218 g/mol. The molecule has 1 aliphatic heterocycles. The Balaban J connectivity index is 2.07. The number of rotatable bonds is 2. The molecule has 1 aromatic rings. The third kappa shape index (κ3) is 2.05. The first kappa shape index (κ1) is 9.46. The third-order valence-corrected chi connectivity index (χ3v) is 3.45. The zero-order chi connectivity index (χ0) is 9.26. The van der Waals surface area contributed by atoms with Gasteiger partial charge < -0.3 is 9.84 Å². The van der Waals surface area contributed by atoms with Crippen molar-refractivity contribution in [3.63, 3.8) is 0 Å². The van der Waals surface area contributed by atoms with Crippen LogP contribution in [0.2, 0.25) is 4.34 Å². The smallest absolute Gasteiger partial charge is 0.0932 e. The summed E-state index contributed by atoms with van der Waals surface area (Å²) in [5.74, 6) is 0.241. The zero-order valence-corrected chi connectivity index (χ0v) is 8.64. The van der Waals surface area contributed by atoms with Crippen LogP contribution in [0.1, 0.15) is 18.1 Å². The molecule has 2 nitrogen and oxygen atoms in total. The molecule has 2 rings (SSSR count). The van der Waals surface area contributed by atoms with E-state index in [0.717, 1.165) is 22.9 Å². The molecule has 2 unspecified atom stereocenters. The molecule has 13 heavy (non-hydrogen) atoms. The summed E-state index contributed by atoms with van der Waals surface area (Å²) in [4.78, 5) is 0. The fraction of sp³-hybridized carbons (Fsp3) is 0.556. The lowest BCUT2D eigenvalue weighted by atomic mass is 9.97. The number of thiophene rings is 1. The summed E-state index contributed by atoms with van der Waals surface area (Å²) in [5.41, 5.74) is 0.922. The van der Waals surface area contributed by atoms with Gasteiger partial charge in [-0.05, 0) is 23.4 Å². The molecule has 4 heteroatoms. The van der Waals surface area contributed by atoms with Gasteiger partial charge in [-0.15, -0.1) is 11.3 Å². The second-order valence-electron chi connectivity index (χ2n) is 3.25. The van der Waals surface area contributed by atoms with E-state index in [4.69, 9.17) is 16.3 Å². The predicted molar refractivity (Wildman–Crippen MR) is 53.2 cm³/mol. The summed E-state index contributed by atoms with van der Waals surface area (Å²) < 4.78 is 5.95. The van der Waals surface area contributed by atoms with Gasteiger partial charge in [0.1, 0.15) is 0 Å². The van der Waals surface area contributed by atoms with Gasteiger partial charge >= 0.3 is 0 Å². The molecule has 0 saturated carbocycles. The maximum Gasteiger partial charge on any atom is 0.0932 e. The number of aliphatic hydroxyl groups excluding tert-OH is 1. The highest BCUT2D eigenvalue weighted by atomic mass is 35.5. The Bertz CT molecular complexity index is 281. The lowest BCUT2D eigenvalue weighted by Crippen LogP contribution is -2.11. The average Bonchev–Trinajstić information content (AvgIpc) is 2.72. The Morgan fingerprint density at radius 2 is 2.54 bits per heavy atom. The van der Waals surface area contributed by atoms with Crippen molar-refractivity contribution in [1.82, 2.24) is 0 Å². The van der Waals surface area contributed by atoms with E-state index in [1.807, 2.05) is 11.4 Å². The maximum absolute atomic E-state index is 9.90. The van der Waals surface area contributed by atoms with Crippen molar-refractivity contribution in [3.8, 4) is 0 Å². The number of halogens is 1. The topological polar surface area (TPSA) is 29.5 Å². The van der Waals surface area contributed by atoms with E-state index >= 15 is 0 Å². The van der Waals surface area contributed by atoms with Gasteiger partial charge in [-0.1, -0.05) is 11.6 Å². The number of ether oxygens (including phenoxy) is 1. The normalized spacial score (nSPS) is 24.9. The Hall–Kier alpha value is -0.0900. The number of hydrogen-bond acceptors (Lipinski definition) is 3. The summed E-state index contributed by atoms with van der Waals surface area (Å²) in [6, 6.07) is 1.83. The van der Waals surface area contributed by atoms with Crippen LogP contribution in [0, 0.1) is 5.92 Å². The van der Waals surface area contributed by atoms with Crippen LogP contribution in [0.4, 0.5) is 0 Å². The summed E-state index contributed by atoms with van der Waals surface area (Å²) in [7, 11) is 0. The summed E-state index contributed by atoms with van der Waals surface area (Å²) in [6.45, 7) is 1.42. The Morgan fingerprint density at radius 3 is 3.08 bits per heavy atom. The molecule has 0 radical (unpaired) electrons. The standard InChI is InChI=1S/C9H11ClO2S/c10-8-3-7(5-13-8)9(11)6-1-2-12-4-6/h3,5-6,9,11H,1-2,4H2. The highest BCUT2D eigenvalue weighted by molar-refractivity contribution is 7.14. The van der Waals surface area contributed by atoms with Crippen LogP contribution < -0.4 is 0 Å². The van der Waals surface area contributed by atoms with Gasteiger partial charge in [0.25, 0.3) is 0 Å². The van der Waals surface area contributed by atoms with Gasteiger partial charge in [-0.25, -0.2) is 0 Å². The van der Waals surface area contributed by atoms with E-state index in [9.17, 15) is 5.11 Å². The molecule has 1 aliphatic rings. The minimum absolute atomic E-state index is 0.241. The molecule has 1 aromatic heterocycles. The van der Waals surface area contributed by atoms with Crippen LogP contribution in [0.25, 0.3) is 0 Å². The van der Waals surface area contributed by atoms with Crippen LogP contribution in [-0.2, 0) is 4.74 Å². The van der Waals surface area contributed by atoms with E-state index in [1.54, 1.807) is 0 Å².